The van der Waals surface area contributed by atoms with Crippen molar-refractivity contribution < 1.29 is 13.2 Å². The average Bonchev–Trinajstić information content (AvgIpc) is 2.47. The minimum Gasteiger partial charge on any atom is -0.316 e. The van der Waals surface area contributed by atoms with Crippen molar-refractivity contribution in [2.24, 2.45) is 9.98 Å². The van der Waals surface area contributed by atoms with Crippen molar-refractivity contribution in [1.82, 2.24) is 4.90 Å². The molecule has 0 aromatic heterocycles. The molecule has 2 heterocycles. The van der Waals surface area contributed by atoms with Gasteiger partial charge in [0.25, 0.3) is 0 Å². The van der Waals surface area contributed by atoms with Crippen LogP contribution in [0.15, 0.2) is 22.3 Å². The first-order chi connectivity index (χ1) is 6.07. The Labute approximate surface area is 72.3 Å². The van der Waals surface area contributed by atoms with Crippen molar-refractivity contribution in [3.8, 4) is 0 Å². The normalized spacial score (nSPS) is 21.3. The van der Waals surface area contributed by atoms with E-state index in [-0.39, 0.29) is 5.96 Å². The Morgan fingerprint density at radius 3 is 2.85 bits per heavy atom. The molecular formula is C7H6F3N3. The predicted molar refractivity (Wildman–Crippen MR) is 41.6 cm³/mol. The van der Waals surface area contributed by atoms with E-state index in [4.69, 9.17) is 0 Å². The van der Waals surface area contributed by atoms with Gasteiger partial charge < -0.3 is 4.90 Å². The van der Waals surface area contributed by atoms with Crippen LogP contribution in [0.25, 0.3) is 0 Å². The summed E-state index contributed by atoms with van der Waals surface area (Å²) in [5, 5.41) is 0. The van der Waals surface area contributed by atoms with Crippen molar-refractivity contribution in [3.05, 3.63) is 12.3 Å². The summed E-state index contributed by atoms with van der Waals surface area (Å²) in [5.74, 6) is 0.162. The smallest absolute Gasteiger partial charge is 0.316 e. The van der Waals surface area contributed by atoms with Crippen LogP contribution >= 0.6 is 0 Å². The van der Waals surface area contributed by atoms with Gasteiger partial charge in [0, 0.05) is 12.7 Å². The van der Waals surface area contributed by atoms with E-state index in [1.807, 2.05) is 0 Å². The maximum Gasteiger partial charge on any atom is 0.433 e. The van der Waals surface area contributed by atoms with Gasteiger partial charge in [-0.15, -0.1) is 0 Å². The van der Waals surface area contributed by atoms with E-state index in [2.05, 4.69) is 9.98 Å². The summed E-state index contributed by atoms with van der Waals surface area (Å²) in [6.07, 6.45) is -2.06. The number of hydrogen-bond acceptors (Lipinski definition) is 3. The van der Waals surface area contributed by atoms with Crippen molar-refractivity contribution in [2.45, 2.75) is 6.18 Å². The van der Waals surface area contributed by atoms with Crippen LogP contribution in [-0.4, -0.2) is 35.8 Å². The zero-order valence-electron chi connectivity index (χ0n) is 6.54. The summed E-state index contributed by atoms with van der Waals surface area (Å²) in [7, 11) is 0. The molecule has 0 radical (unpaired) electrons. The molecule has 0 bridgehead atoms. The van der Waals surface area contributed by atoms with E-state index >= 15 is 0 Å². The molecular weight excluding hydrogens is 183 g/mol. The van der Waals surface area contributed by atoms with Crippen LogP contribution in [0.2, 0.25) is 0 Å². The van der Waals surface area contributed by atoms with Crippen molar-refractivity contribution in [3.63, 3.8) is 0 Å². The quantitative estimate of drug-likeness (QED) is 0.562. The third kappa shape index (κ3) is 1.43. The van der Waals surface area contributed by atoms with Gasteiger partial charge in [0.2, 0.25) is 5.96 Å². The summed E-state index contributed by atoms with van der Waals surface area (Å²) < 4.78 is 36.4. The number of allylic oxidation sites excluding steroid dienone is 1. The Morgan fingerprint density at radius 2 is 2.15 bits per heavy atom. The molecule has 0 saturated carbocycles. The Balaban J connectivity index is 2.30. The van der Waals surface area contributed by atoms with Gasteiger partial charge in [-0.3, -0.25) is 0 Å². The highest BCUT2D eigenvalue weighted by Crippen LogP contribution is 2.21. The largest absolute Gasteiger partial charge is 0.433 e. The molecule has 0 atom stereocenters. The Morgan fingerprint density at radius 1 is 1.38 bits per heavy atom. The van der Waals surface area contributed by atoms with Crippen LogP contribution in [0.3, 0.4) is 0 Å². The summed E-state index contributed by atoms with van der Waals surface area (Å²) in [6, 6.07) is 0. The maximum atomic E-state index is 12.1. The van der Waals surface area contributed by atoms with Crippen LogP contribution in [0, 0.1) is 0 Å². The van der Waals surface area contributed by atoms with Crippen molar-refractivity contribution in [1.29, 1.82) is 0 Å². The number of alkyl halides is 3. The Bertz CT molecular complexity index is 313. The lowest BCUT2D eigenvalue weighted by atomic mass is 10.3. The third-order valence-corrected chi connectivity index (χ3v) is 1.77. The molecule has 0 amide bonds. The van der Waals surface area contributed by atoms with Gasteiger partial charge in [-0.1, -0.05) is 0 Å². The third-order valence-electron chi connectivity index (χ3n) is 1.77. The van der Waals surface area contributed by atoms with E-state index in [0.717, 1.165) is 6.08 Å². The lowest BCUT2D eigenvalue weighted by Gasteiger charge is -2.17. The highest BCUT2D eigenvalue weighted by molar-refractivity contribution is 6.09. The van der Waals surface area contributed by atoms with Gasteiger partial charge in [-0.25, -0.2) is 9.98 Å². The van der Waals surface area contributed by atoms with Crippen LogP contribution < -0.4 is 0 Å². The molecule has 13 heavy (non-hydrogen) atoms. The molecule has 6 heteroatoms. The van der Waals surface area contributed by atoms with Crippen molar-refractivity contribution >= 4 is 11.7 Å². The second-order valence-electron chi connectivity index (χ2n) is 2.69. The first kappa shape index (κ1) is 8.28. The minimum absolute atomic E-state index is 0.162. The molecule has 0 aliphatic carbocycles. The molecule has 0 aromatic rings. The molecule has 0 unspecified atom stereocenters. The zero-order chi connectivity index (χ0) is 9.47. The fraction of sp³-hybridized carbons (Fsp3) is 0.429. The Hall–Kier alpha value is -1.33. The van der Waals surface area contributed by atoms with Crippen LogP contribution in [0.1, 0.15) is 0 Å². The summed E-state index contributed by atoms with van der Waals surface area (Å²) >= 11 is 0. The topological polar surface area (TPSA) is 28.0 Å². The number of hydrogen-bond donors (Lipinski definition) is 0. The summed E-state index contributed by atoms with van der Waals surface area (Å²) in [5.41, 5.74) is -0.885. The van der Waals surface area contributed by atoms with Crippen LogP contribution in [-0.2, 0) is 0 Å². The van der Waals surface area contributed by atoms with Gasteiger partial charge in [-0.2, -0.15) is 13.2 Å². The van der Waals surface area contributed by atoms with E-state index in [1.165, 1.54) is 6.20 Å². The van der Waals surface area contributed by atoms with E-state index < -0.39 is 11.9 Å². The van der Waals surface area contributed by atoms with E-state index in [1.54, 1.807) is 4.90 Å². The highest BCUT2D eigenvalue weighted by Gasteiger charge is 2.36. The summed E-state index contributed by atoms with van der Waals surface area (Å²) in [4.78, 5) is 8.81. The van der Waals surface area contributed by atoms with E-state index in [9.17, 15) is 13.2 Å². The van der Waals surface area contributed by atoms with Crippen molar-refractivity contribution in [2.75, 3.05) is 13.1 Å². The van der Waals surface area contributed by atoms with Gasteiger partial charge >= 0.3 is 6.18 Å². The first-order valence-corrected chi connectivity index (χ1v) is 3.72. The molecule has 0 aromatic carbocycles. The molecule has 0 spiro atoms. The minimum atomic E-state index is -4.38. The lowest BCUT2D eigenvalue weighted by Crippen LogP contribution is -2.30. The van der Waals surface area contributed by atoms with Gasteiger partial charge in [0.05, 0.1) is 6.54 Å². The van der Waals surface area contributed by atoms with Gasteiger partial charge in [0.15, 0.2) is 0 Å². The summed E-state index contributed by atoms with van der Waals surface area (Å²) in [6.45, 7) is 1.12. The fourth-order valence-corrected chi connectivity index (χ4v) is 1.15. The number of rotatable bonds is 0. The number of halogens is 3. The van der Waals surface area contributed by atoms with Gasteiger partial charge in [-0.05, 0) is 6.08 Å². The van der Waals surface area contributed by atoms with E-state index in [0.29, 0.717) is 13.1 Å². The molecule has 0 N–H and O–H groups in total. The maximum absolute atomic E-state index is 12.1. The second-order valence-corrected chi connectivity index (χ2v) is 2.69. The molecule has 70 valence electrons. The lowest BCUT2D eigenvalue weighted by molar-refractivity contribution is -0.0577. The molecule has 0 fully saturated rings. The Kier molecular flexibility index (Phi) is 1.64. The fourth-order valence-electron chi connectivity index (χ4n) is 1.15. The second kappa shape index (κ2) is 2.58. The number of fused-ring (bicyclic) bond motifs is 1. The molecule has 2 rings (SSSR count). The van der Waals surface area contributed by atoms with Crippen LogP contribution in [0.5, 0.6) is 0 Å². The SMILES string of the molecule is FC(F)(F)C1=NC2=NCCN2C=C1. The monoisotopic (exact) mass is 189 g/mol. The zero-order valence-corrected chi connectivity index (χ0v) is 6.54. The molecule has 2 aliphatic heterocycles. The number of aliphatic imine (C=N–C) groups is 2. The number of nitrogens with zero attached hydrogens (tertiary/aromatic N) is 3. The highest BCUT2D eigenvalue weighted by atomic mass is 19.4. The number of guanidine groups is 1. The molecule has 2 aliphatic rings. The molecule has 0 saturated heterocycles. The van der Waals surface area contributed by atoms with Crippen LogP contribution in [0.4, 0.5) is 13.2 Å². The average molecular weight is 189 g/mol. The predicted octanol–water partition coefficient (Wildman–Crippen LogP) is 1.19. The molecule has 3 nitrogen and oxygen atoms in total. The first-order valence-electron chi connectivity index (χ1n) is 3.72. The standard InChI is InChI=1S/C7H6F3N3/c8-7(9,10)5-1-3-13-4-2-11-6(13)12-5/h1,3H,2,4H2. The van der Waals surface area contributed by atoms with Gasteiger partial charge in [0.1, 0.15) is 5.71 Å².